The molecule has 2 aromatic heterocycles. The molecule has 0 unspecified atom stereocenters. The lowest BCUT2D eigenvalue weighted by molar-refractivity contribution is 0.0331. The number of benzene rings is 1. The van der Waals surface area contributed by atoms with Crippen LogP contribution in [-0.2, 0) is 11.3 Å². The smallest absolute Gasteiger partial charge is 0.146 e. The Morgan fingerprint density at radius 1 is 1.00 bits per heavy atom. The highest BCUT2D eigenvalue weighted by molar-refractivity contribution is 7.18. The van der Waals surface area contributed by atoms with Crippen LogP contribution in [0.25, 0.3) is 10.2 Å². The second-order valence-electron chi connectivity index (χ2n) is 8.21. The van der Waals surface area contributed by atoms with Gasteiger partial charge in [-0.25, -0.2) is 9.97 Å². The molecule has 1 aromatic carbocycles. The fourth-order valence-corrected chi connectivity index (χ4v) is 5.33. The van der Waals surface area contributed by atoms with Crippen molar-refractivity contribution in [1.82, 2.24) is 14.9 Å². The monoisotopic (exact) mass is 423 g/mol. The molecule has 158 valence electrons. The van der Waals surface area contributed by atoms with Crippen LogP contribution >= 0.6 is 11.3 Å². The molecule has 2 saturated heterocycles. The molecule has 0 radical (unpaired) electrons. The van der Waals surface area contributed by atoms with Crippen LogP contribution in [0.5, 0.6) is 0 Å². The summed E-state index contributed by atoms with van der Waals surface area (Å²) in [5.74, 6) is 1.79. The number of nitrogens with one attached hydrogen (secondary N) is 1. The van der Waals surface area contributed by atoms with Gasteiger partial charge in [-0.3, -0.25) is 4.90 Å². The van der Waals surface area contributed by atoms with Gasteiger partial charge in [-0.2, -0.15) is 0 Å². The van der Waals surface area contributed by atoms with Crippen LogP contribution in [-0.4, -0.2) is 54.3 Å². The molecule has 2 aliphatic rings. The van der Waals surface area contributed by atoms with Crippen molar-refractivity contribution in [3.8, 4) is 0 Å². The number of thiophene rings is 1. The first-order valence-electron chi connectivity index (χ1n) is 10.9. The summed E-state index contributed by atoms with van der Waals surface area (Å²) in [6.45, 7) is 10.9. The largest absolute Gasteiger partial charge is 0.379 e. The predicted molar refractivity (Wildman–Crippen MR) is 124 cm³/mol. The lowest BCUT2D eigenvalue weighted by Crippen LogP contribution is -2.36. The Hall–Kier alpha value is -2.22. The summed E-state index contributed by atoms with van der Waals surface area (Å²) < 4.78 is 5.48. The van der Waals surface area contributed by atoms with E-state index in [0.29, 0.717) is 0 Å². The van der Waals surface area contributed by atoms with Gasteiger partial charge in [0.15, 0.2) is 0 Å². The van der Waals surface area contributed by atoms with Crippen LogP contribution in [0.4, 0.5) is 17.2 Å². The highest BCUT2D eigenvalue weighted by Crippen LogP contribution is 2.35. The Kier molecular flexibility index (Phi) is 5.58. The first-order chi connectivity index (χ1) is 14.7. The molecule has 0 saturated carbocycles. The number of anilines is 3. The van der Waals surface area contributed by atoms with Gasteiger partial charge in [-0.15, -0.1) is 11.3 Å². The zero-order valence-electron chi connectivity index (χ0n) is 17.8. The van der Waals surface area contributed by atoms with Crippen LogP contribution in [0.1, 0.15) is 29.1 Å². The number of aryl methyl sites for hydroxylation is 2. The Morgan fingerprint density at radius 3 is 2.47 bits per heavy atom. The summed E-state index contributed by atoms with van der Waals surface area (Å²) >= 11 is 1.76. The molecule has 30 heavy (non-hydrogen) atoms. The van der Waals surface area contributed by atoms with E-state index in [9.17, 15) is 0 Å². The van der Waals surface area contributed by atoms with Crippen molar-refractivity contribution in [3.05, 3.63) is 40.5 Å². The van der Waals surface area contributed by atoms with Gasteiger partial charge < -0.3 is 15.0 Å². The van der Waals surface area contributed by atoms with Gasteiger partial charge in [0.2, 0.25) is 0 Å². The second-order valence-corrected chi connectivity index (χ2v) is 9.41. The molecule has 2 aliphatic heterocycles. The van der Waals surface area contributed by atoms with Crippen molar-refractivity contribution in [2.45, 2.75) is 33.2 Å². The molecular formula is C23H29N5OS. The van der Waals surface area contributed by atoms with Gasteiger partial charge >= 0.3 is 0 Å². The second kappa shape index (κ2) is 8.49. The summed E-state index contributed by atoms with van der Waals surface area (Å²) in [5, 5.41) is 4.74. The van der Waals surface area contributed by atoms with Crippen LogP contribution in [0, 0.1) is 13.8 Å². The topological polar surface area (TPSA) is 53.5 Å². The molecule has 3 aromatic rings. The maximum Gasteiger partial charge on any atom is 0.146 e. The fourth-order valence-electron chi connectivity index (χ4n) is 4.28. The average Bonchev–Trinajstić information content (AvgIpc) is 3.38. The van der Waals surface area contributed by atoms with Gasteiger partial charge in [0.25, 0.3) is 0 Å². The van der Waals surface area contributed by atoms with Crippen molar-refractivity contribution in [3.63, 3.8) is 0 Å². The molecule has 1 N–H and O–H groups in total. The molecule has 0 atom stereocenters. The van der Waals surface area contributed by atoms with Crippen LogP contribution in [0.15, 0.2) is 24.3 Å². The molecule has 2 fully saturated rings. The molecule has 4 heterocycles. The number of ether oxygens (including phenoxy) is 1. The maximum atomic E-state index is 5.48. The van der Waals surface area contributed by atoms with Gasteiger partial charge in [-0.1, -0.05) is 0 Å². The van der Waals surface area contributed by atoms with Crippen molar-refractivity contribution >= 4 is 38.7 Å². The van der Waals surface area contributed by atoms with Gasteiger partial charge in [0, 0.05) is 42.4 Å². The summed E-state index contributed by atoms with van der Waals surface area (Å²) in [6, 6.07) is 8.76. The molecular weight excluding hydrogens is 394 g/mol. The summed E-state index contributed by atoms with van der Waals surface area (Å²) in [5.41, 5.74) is 3.64. The van der Waals surface area contributed by atoms with E-state index >= 15 is 0 Å². The third-order valence-electron chi connectivity index (χ3n) is 6.14. The van der Waals surface area contributed by atoms with Crippen molar-refractivity contribution in [2.75, 3.05) is 49.6 Å². The number of hydrogen-bond donors (Lipinski definition) is 1. The summed E-state index contributed by atoms with van der Waals surface area (Å²) in [6.07, 6.45) is 2.59. The van der Waals surface area contributed by atoms with Crippen LogP contribution in [0.2, 0.25) is 0 Å². The maximum absolute atomic E-state index is 5.48. The van der Waals surface area contributed by atoms with E-state index in [1.165, 1.54) is 29.0 Å². The van der Waals surface area contributed by atoms with Crippen molar-refractivity contribution in [2.24, 2.45) is 0 Å². The minimum absolute atomic E-state index is 0.762. The average molecular weight is 424 g/mol. The summed E-state index contributed by atoms with van der Waals surface area (Å²) in [4.78, 5) is 17.0. The first-order valence-corrected chi connectivity index (χ1v) is 11.7. The SMILES string of the molecule is Cc1sc2nc(CN3CCOCC3)nc(Nc3ccc(N4CCCC4)cc3)c2c1C. The normalized spacial score (nSPS) is 17.7. The van der Waals surface area contributed by atoms with E-state index in [1.54, 1.807) is 11.3 Å². The minimum atomic E-state index is 0.762. The molecule has 5 rings (SSSR count). The number of morpholine rings is 1. The fraction of sp³-hybridized carbons (Fsp3) is 0.478. The van der Waals surface area contributed by atoms with Gasteiger partial charge in [0.05, 0.1) is 25.1 Å². The molecule has 6 nitrogen and oxygen atoms in total. The van der Waals surface area contributed by atoms with E-state index in [-0.39, 0.29) is 0 Å². The zero-order chi connectivity index (χ0) is 20.5. The number of hydrogen-bond acceptors (Lipinski definition) is 7. The minimum Gasteiger partial charge on any atom is -0.379 e. The lowest BCUT2D eigenvalue weighted by atomic mass is 10.2. The van der Waals surface area contributed by atoms with E-state index < -0.39 is 0 Å². The molecule has 0 bridgehead atoms. The van der Waals surface area contributed by atoms with E-state index in [4.69, 9.17) is 14.7 Å². The highest BCUT2D eigenvalue weighted by Gasteiger charge is 2.18. The first kappa shape index (κ1) is 19.7. The third-order valence-corrected chi connectivity index (χ3v) is 7.25. The molecule has 0 amide bonds. The van der Waals surface area contributed by atoms with Crippen LogP contribution < -0.4 is 10.2 Å². The zero-order valence-corrected chi connectivity index (χ0v) is 18.6. The predicted octanol–water partition coefficient (Wildman–Crippen LogP) is 4.48. The Balaban J connectivity index is 1.44. The Labute approximate surface area is 181 Å². The van der Waals surface area contributed by atoms with E-state index in [0.717, 1.165) is 73.5 Å². The number of fused-ring (bicyclic) bond motifs is 1. The lowest BCUT2D eigenvalue weighted by Gasteiger charge is -2.25. The molecule has 0 spiro atoms. The summed E-state index contributed by atoms with van der Waals surface area (Å²) in [7, 11) is 0. The molecule has 7 heteroatoms. The highest BCUT2D eigenvalue weighted by atomic mass is 32.1. The number of nitrogens with zero attached hydrogens (tertiary/aromatic N) is 4. The number of aromatic nitrogens is 2. The standard InChI is InChI=1S/C23H29N5OS/c1-16-17(2)30-23-21(16)22(25-20(26-23)15-27-11-13-29-14-12-27)24-18-5-7-19(8-6-18)28-9-3-4-10-28/h5-8H,3-4,9-15H2,1-2H3,(H,24,25,26). The van der Waals surface area contributed by atoms with Crippen LogP contribution in [0.3, 0.4) is 0 Å². The quantitative estimate of drug-likeness (QED) is 0.653. The van der Waals surface area contributed by atoms with E-state index in [2.05, 4.69) is 53.2 Å². The third kappa shape index (κ3) is 4.02. The van der Waals surface area contributed by atoms with E-state index in [1.807, 2.05) is 0 Å². The van der Waals surface area contributed by atoms with Crippen molar-refractivity contribution < 1.29 is 4.74 Å². The Morgan fingerprint density at radius 2 is 1.73 bits per heavy atom. The molecule has 0 aliphatic carbocycles. The van der Waals surface area contributed by atoms with Gasteiger partial charge in [0.1, 0.15) is 16.5 Å². The van der Waals surface area contributed by atoms with Gasteiger partial charge in [-0.05, 0) is 56.5 Å². The number of rotatable bonds is 5. The Bertz CT molecular complexity index is 1020. The van der Waals surface area contributed by atoms with Crippen molar-refractivity contribution in [1.29, 1.82) is 0 Å².